The number of hydrogen-bond donors (Lipinski definition) is 2. The normalized spacial score (nSPS) is 11.6. The Hall–Kier alpha value is -5.39. The number of hydrogen-bond acceptors (Lipinski definition) is 9. The maximum absolute atomic E-state index is 13.8. The van der Waals surface area contributed by atoms with Gasteiger partial charge in [0.1, 0.15) is 21.2 Å². The number of anilines is 1. The SMILES string of the molecule is Cc1c(-c2cc(C(F)(F)F)nc3sc(C(N)=O)c(NC(=O)c4ccn(COc5cc(F)ccc5[N+](=O)[O-])n4)c23)cnn1C. The highest BCUT2D eigenvalue weighted by Gasteiger charge is 2.35. The number of alkyl halides is 3. The van der Waals surface area contributed by atoms with Gasteiger partial charge in [0.2, 0.25) is 5.75 Å². The number of primary amides is 1. The van der Waals surface area contributed by atoms with Crippen molar-refractivity contribution >= 4 is 44.7 Å². The van der Waals surface area contributed by atoms with Gasteiger partial charge >= 0.3 is 11.9 Å². The summed E-state index contributed by atoms with van der Waals surface area (Å²) in [7, 11) is 1.60. The molecule has 0 bridgehead atoms. The molecule has 2 amide bonds. The van der Waals surface area contributed by atoms with Gasteiger partial charge in [0, 0.05) is 42.0 Å². The highest BCUT2D eigenvalue weighted by Crippen LogP contribution is 2.44. The number of rotatable bonds is 8. The second kappa shape index (κ2) is 10.8. The molecule has 0 aliphatic rings. The summed E-state index contributed by atoms with van der Waals surface area (Å²) in [5.41, 5.74) is 4.25. The summed E-state index contributed by atoms with van der Waals surface area (Å²) in [6.45, 7) is 1.19. The van der Waals surface area contributed by atoms with Crippen molar-refractivity contribution in [2.75, 3.05) is 5.32 Å². The van der Waals surface area contributed by atoms with Crippen molar-refractivity contribution in [3.05, 3.63) is 80.6 Å². The first kappa shape index (κ1) is 29.1. The van der Waals surface area contributed by atoms with Crippen LogP contribution in [0.15, 0.2) is 42.7 Å². The number of nitro benzene ring substituents is 1. The van der Waals surface area contributed by atoms with Crippen LogP contribution in [0, 0.1) is 22.9 Å². The minimum absolute atomic E-state index is 0.0117. The summed E-state index contributed by atoms with van der Waals surface area (Å²) in [6, 6.07) is 4.71. The monoisotopic (exact) mass is 618 g/mol. The third-order valence-electron chi connectivity index (χ3n) is 6.28. The lowest BCUT2D eigenvalue weighted by molar-refractivity contribution is -0.386. The molecule has 18 heteroatoms. The lowest BCUT2D eigenvalue weighted by Gasteiger charge is -2.12. The van der Waals surface area contributed by atoms with Crippen LogP contribution in [0.25, 0.3) is 21.3 Å². The number of nitrogens with one attached hydrogen (secondary N) is 1. The van der Waals surface area contributed by atoms with Crippen molar-refractivity contribution in [1.82, 2.24) is 24.5 Å². The van der Waals surface area contributed by atoms with E-state index in [-0.39, 0.29) is 37.8 Å². The van der Waals surface area contributed by atoms with Crippen molar-refractivity contribution < 1.29 is 36.8 Å². The van der Waals surface area contributed by atoms with Crippen LogP contribution >= 0.6 is 11.3 Å². The van der Waals surface area contributed by atoms with E-state index in [0.29, 0.717) is 22.6 Å². The number of aromatic nitrogens is 5. The van der Waals surface area contributed by atoms with Gasteiger partial charge in [-0.3, -0.25) is 24.4 Å². The van der Waals surface area contributed by atoms with Crippen LogP contribution in [0.2, 0.25) is 0 Å². The average Bonchev–Trinajstić information content (AvgIpc) is 3.64. The highest BCUT2D eigenvalue weighted by atomic mass is 32.1. The number of nitrogens with two attached hydrogens (primary N) is 1. The summed E-state index contributed by atoms with van der Waals surface area (Å²) in [5.74, 6) is -3.03. The molecular weight excluding hydrogens is 600 g/mol. The molecular formula is C25H18F4N8O5S. The zero-order valence-electron chi connectivity index (χ0n) is 22.0. The Morgan fingerprint density at radius 3 is 2.58 bits per heavy atom. The quantitative estimate of drug-likeness (QED) is 0.144. The van der Waals surface area contributed by atoms with Crippen molar-refractivity contribution in [2.24, 2.45) is 12.8 Å². The van der Waals surface area contributed by atoms with Gasteiger partial charge in [-0.15, -0.1) is 11.3 Å². The summed E-state index contributed by atoms with van der Waals surface area (Å²) in [4.78, 5) is 39.2. The molecule has 0 saturated heterocycles. The summed E-state index contributed by atoms with van der Waals surface area (Å²) >= 11 is 0.578. The van der Waals surface area contributed by atoms with Gasteiger partial charge in [-0.1, -0.05) is 0 Å². The fraction of sp³-hybridized carbons (Fsp3) is 0.160. The highest BCUT2D eigenvalue weighted by molar-refractivity contribution is 7.21. The molecule has 0 spiro atoms. The van der Waals surface area contributed by atoms with Crippen LogP contribution in [-0.4, -0.2) is 41.3 Å². The van der Waals surface area contributed by atoms with Gasteiger partial charge in [-0.25, -0.2) is 14.1 Å². The van der Waals surface area contributed by atoms with Crippen molar-refractivity contribution in [3.8, 4) is 16.9 Å². The van der Waals surface area contributed by atoms with Crippen molar-refractivity contribution in [3.63, 3.8) is 0 Å². The molecule has 222 valence electrons. The molecule has 1 aromatic carbocycles. The molecule has 43 heavy (non-hydrogen) atoms. The van der Waals surface area contributed by atoms with Crippen LogP contribution in [0.1, 0.15) is 31.5 Å². The number of fused-ring (bicyclic) bond motifs is 1. The fourth-order valence-corrected chi connectivity index (χ4v) is 5.14. The number of thiophene rings is 1. The number of carbonyl (C=O) groups excluding carboxylic acids is 2. The summed E-state index contributed by atoms with van der Waals surface area (Å²) in [6.07, 6.45) is -2.18. The van der Waals surface area contributed by atoms with Crippen LogP contribution in [0.5, 0.6) is 5.75 Å². The van der Waals surface area contributed by atoms with Crippen LogP contribution in [0.4, 0.5) is 28.9 Å². The lowest BCUT2D eigenvalue weighted by Crippen LogP contribution is -2.18. The molecule has 0 aliphatic heterocycles. The zero-order chi connectivity index (χ0) is 31.2. The number of aryl methyl sites for hydroxylation is 1. The number of amides is 2. The Balaban J connectivity index is 1.51. The van der Waals surface area contributed by atoms with Gasteiger partial charge in [-0.05, 0) is 30.7 Å². The van der Waals surface area contributed by atoms with Gasteiger partial charge < -0.3 is 15.8 Å². The standard InChI is InChI=1S/C25H18F4N8O5S/c1-11-14(9-31-35(11)2)13-8-18(25(27,28)29)32-24-19(13)20(21(43-24)22(30)38)33-23(39)15-5-6-36(34-15)10-42-17-7-12(26)3-4-16(17)37(40)41/h3-9H,10H2,1-2H3,(H2,30,38)(H,33,39). The molecule has 0 aliphatic carbocycles. The number of nitro groups is 1. The van der Waals surface area contributed by atoms with E-state index in [1.165, 1.54) is 23.1 Å². The van der Waals surface area contributed by atoms with Crippen LogP contribution < -0.4 is 15.8 Å². The average molecular weight is 619 g/mol. The van der Waals surface area contributed by atoms with E-state index >= 15 is 0 Å². The number of pyridine rings is 1. The first-order valence-corrected chi connectivity index (χ1v) is 12.8. The number of benzene rings is 1. The van der Waals surface area contributed by atoms with E-state index in [0.717, 1.165) is 28.9 Å². The van der Waals surface area contributed by atoms with E-state index in [2.05, 4.69) is 20.5 Å². The Morgan fingerprint density at radius 2 is 1.95 bits per heavy atom. The summed E-state index contributed by atoms with van der Waals surface area (Å²) in [5, 5.41) is 21.9. The zero-order valence-corrected chi connectivity index (χ0v) is 22.8. The second-order valence-corrected chi connectivity index (χ2v) is 10.0. The second-order valence-electron chi connectivity index (χ2n) is 9.01. The smallest absolute Gasteiger partial charge is 0.433 e. The van der Waals surface area contributed by atoms with Crippen LogP contribution in [-0.2, 0) is 20.0 Å². The third-order valence-corrected chi connectivity index (χ3v) is 7.38. The Kier molecular flexibility index (Phi) is 7.30. The maximum Gasteiger partial charge on any atom is 0.433 e. The van der Waals surface area contributed by atoms with E-state index < -0.39 is 46.8 Å². The minimum Gasteiger partial charge on any atom is -0.464 e. The topological polar surface area (TPSA) is 173 Å². The van der Waals surface area contributed by atoms with Crippen molar-refractivity contribution in [1.29, 1.82) is 0 Å². The maximum atomic E-state index is 13.8. The largest absolute Gasteiger partial charge is 0.464 e. The molecule has 0 saturated carbocycles. The van der Waals surface area contributed by atoms with E-state index in [1.54, 1.807) is 14.0 Å². The van der Waals surface area contributed by atoms with Gasteiger partial charge in [0.15, 0.2) is 12.4 Å². The number of halogens is 4. The fourth-order valence-electron chi connectivity index (χ4n) is 4.13. The number of ether oxygens (including phenoxy) is 1. The molecule has 5 rings (SSSR count). The summed E-state index contributed by atoms with van der Waals surface area (Å²) < 4.78 is 62.7. The molecule has 0 atom stereocenters. The van der Waals surface area contributed by atoms with Gasteiger partial charge in [0.25, 0.3) is 11.8 Å². The Morgan fingerprint density at radius 1 is 1.21 bits per heavy atom. The van der Waals surface area contributed by atoms with Crippen molar-refractivity contribution in [2.45, 2.75) is 19.8 Å². The molecule has 0 radical (unpaired) electrons. The predicted octanol–water partition coefficient (Wildman–Crippen LogP) is 4.66. The molecule has 4 aromatic heterocycles. The molecule has 0 fully saturated rings. The van der Waals surface area contributed by atoms with E-state index in [4.69, 9.17) is 10.5 Å². The Labute approximate surface area is 241 Å². The minimum atomic E-state index is -4.82. The van der Waals surface area contributed by atoms with Crippen LogP contribution in [0.3, 0.4) is 0 Å². The molecule has 13 nitrogen and oxygen atoms in total. The molecule has 3 N–H and O–H groups in total. The Bertz CT molecular complexity index is 1930. The van der Waals surface area contributed by atoms with E-state index in [9.17, 15) is 37.3 Å². The first-order chi connectivity index (χ1) is 20.2. The first-order valence-electron chi connectivity index (χ1n) is 12.0. The van der Waals surface area contributed by atoms with Gasteiger partial charge in [0.05, 0.1) is 16.8 Å². The van der Waals surface area contributed by atoms with E-state index in [1.807, 2.05) is 0 Å². The molecule has 0 unspecified atom stereocenters. The number of nitrogens with zero attached hydrogens (tertiary/aromatic N) is 6. The lowest BCUT2D eigenvalue weighted by atomic mass is 10.0. The third kappa shape index (κ3) is 5.59. The number of carbonyl (C=O) groups is 2. The molecule has 5 aromatic rings. The predicted molar refractivity (Wildman–Crippen MR) is 144 cm³/mol. The molecule has 4 heterocycles. The van der Waals surface area contributed by atoms with Gasteiger partial charge in [-0.2, -0.15) is 23.4 Å².